The molecule has 0 fully saturated rings. The van der Waals surface area contributed by atoms with Gasteiger partial charge in [-0.15, -0.1) is 0 Å². The molecule has 7 heteroatoms. The summed E-state index contributed by atoms with van der Waals surface area (Å²) in [6, 6.07) is 11.8. The highest BCUT2D eigenvalue weighted by Gasteiger charge is 2.18. The first-order valence-electron chi connectivity index (χ1n) is 7.48. The van der Waals surface area contributed by atoms with Crippen LogP contribution in [0.4, 0.5) is 11.5 Å². The molecule has 0 atom stereocenters. The summed E-state index contributed by atoms with van der Waals surface area (Å²) >= 11 is 8.65. The molecule has 2 aromatic carbocycles. The monoisotopic (exact) mass is 469 g/mol. The predicted molar refractivity (Wildman–Crippen MR) is 111 cm³/mol. The van der Waals surface area contributed by atoms with Gasteiger partial charge >= 0.3 is 0 Å². The van der Waals surface area contributed by atoms with E-state index in [9.17, 15) is 0 Å². The van der Waals surface area contributed by atoms with Gasteiger partial charge in [-0.1, -0.05) is 11.6 Å². The minimum absolute atomic E-state index is 0.593. The van der Waals surface area contributed by atoms with Crippen LogP contribution in [0.2, 0.25) is 24.7 Å². The predicted octanol–water partition coefficient (Wildman–Crippen LogP) is 5.85. The molecule has 24 heavy (non-hydrogen) atoms. The molecule has 0 radical (unpaired) electrons. The maximum absolute atomic E-state index is 6.37. The Morgan fingerprint density at radius 3 is 2.58 bits per heavy atom. The maximum atomic E-state index is 6.37. The van der Waals surface area contributed by atoms with E-state index in [-0.39, 0.29) is 0 Å². The Bertz CT molecular complexity index is 899. The van der Waals surface area contributed by atoms with Crippen LogP contribution in [0.5, 0.6) is 5.75 Å². The fourth-order valence-corrected chi connectivity index (χ4v) is 3.87. The first-order chi connectivity index (χ1) is 11.3. The maximum Gasteiger partial charge on any atom is 0.242 e. The summed E-state index contributed by atoms with van der Waals surface area (Å²) in [5, 5.41) is 4.89. The number of benzene rings is 2. The minimum Gasteiger partial charge on any atom is -0.543 e. The first-order valence-corrected chi connectivity index (χ1v) is 12.3. The number of hydrogen-bond acceptors (Lipinski definition) is 4. The van der Waals surface area contributed by atoms with Crippen LogP contribution in [0, 0.1) is 3.57 Å². The molecule has 0 saturated carbocycles. The Labute approximate surface area is 160 Å². The van der Waals surface area contributed by atoms with Crippen LogP contribution in [0.1, 0.15) is 0 Å². The summed E-state index contributed by atoms with van der Waals surface area (Å²) in [6.07, 6.45) is 1.56. The Balaban J connectivity index is 1.92. The van der Waals surface area contributed by atoms with E-state index in [4.69, 9.17) is 16.0 Å². The van der Waals surface area contributed by atoms with E-state index in [1.807, 2.05) is 30.3 Å². The van der Waals surface area contributed by atoms with Gasteiger partial charge in [-0.05, 0) is 78.6 Å². The molecule has 0 unspecified atom stereocenters. The van der Waals surface area contributed by atoms with Crippen LogP contribution in [-0.2, 0) is 0 Å². The molecule has 0 bridgehead atoms. The van der Waals surface area contributed by atoms with Crippen LogP contribution in [0.15, 0.2) is 42.7 Å². The molecule has 0 aliphatic heterocycles. The highest BCUT2D eigenvalue weighted by molar-refractivity contribution is 14.1. The normalized spacial score (nSPS) is 11.5. The third-order valence-electron chi connectivity index (χ3n) is 3.21. The Hall–Kier alpha value is -1.38. The quantitative estimate of drug-likeness (QED) is 0.385. The van der Waals surface area contributed by atoms with E-state index in [1.54, 1.807) is 6.33 Å². The highest BCUT2D eigenvalue weighted by Crippen LogP contribution is 2.32. The number of nitrogens with zero attached hydrogens (tertiary/aromatic N) is 2. The molecule has 3 rings (SSSR count). The number of aromatic nitrogens is 2. The van der Waals surface area contributed by atoms with Crippen molar-refractivity contribution in [1.29, 1.82) is 0 Å². The molecule has 4 nitrogen and oxygen atoms in total. The zero-order chi connectivity index (χ0) is 17.3. The highest BCUT2D eigenvalue weighted by atomic mass is 127. The van der Waals surface area contributed by atoms with Crippen LogP contribution in [0.3, 0.4) is 0 Å². The lowest BCUT2D eigenvalue weighted by molar-refractivity contribution is 0.558. The van der Waals surface area contributed by atoms with Gasteiger partial charge in [-0.3, -0.25) is 0 Å². The molecule has 0 amide bonds. The van der Waals surface area contributed by atoms with Gasteiger partial charge in [0.1, 0.15) is 17.9 Å². The van der Waals surface area contributed by atoms with Gasteiger partial charge in [0.15, 0.2) is 0 Å². The van der Waals surface area contributed by atoms with Crippen molar-refractivity contribution in [3.8, 4) is 5.75 Å². The summed E-state index contributed by atoms with van der Waals surface area (Å²) in [5.74, 6) is 1.48. The second-order valence-corrected chi connectivity index (χ2v) is 12.5. The number of nitrogens with one attached hydrogen (secondary N) is 1. The fourth-order valence-electron chi connectivity index (χ4n) is 2.26. The van der Waals surface area contributed by atoms with Gasteiger partial charge in [0.2, 0.25) is 8.32 Å². The average molecular weight is 470 g/mol. The standard InChI is InChI=1S/C17H17ClIN3OSi/c1-24(2,3)23-16-7-5-12(9-14(16)18)22-17-13-8-11(19)4-6-15(13)20-10-21-17/h4-10H,1-3H3,(H,20,21,22). The van der Waals surface area contributed by atoms with Crippen molar-refractivity contribution in [3.05, 3.63) is 51.3 Å². The molecule has 1 N–H and O–H groups in total. The summed E-state index contributed by atoms with van der Waals surface area (Å²) in [6.45, 7) is 6.39. The van der Waals surface area contributed by atoms with E-state index in [0.29, 0.717) is 5.02 Å². The van der Waals surface area contributed by atoms with E-state index >= 15 is 0 Å². The van der Waals surface area contributed by atoms with Crippen molar-refractivity contribution in [2.45, 2.75) is 19.6 Å². The lowest BCUT2D eigenvalue weighted by atomic mass is 10.2. The summed E-state index contributed by atoms with van der Waals surface area (Å²) in [7, 11) is -1.69. The molecule has 124 valence electrons. The third-order valence-corrected chi connectivity index (χ3v) is 5.01. The third kappa shape index (κ3) is 4.17. The minimum atomic E-state index is -1.69. The van der Waals surface area contributed by atoms with Crippen LogP contribution >= 0.6 is 34.2 Å². The van der Waals surface area contributed by atoms with Gasteiger partial charge in [0.05, 0.1) is 10.5 Å². The van der Waals surface area contributed by atoms with Crippen molar-refractivity contribution in [3.63, 3.8) is 0 Å². The Morgan fingerprint density at radius 1 is 1.08 bits per heavy atom. The lowest BCUT2D eigenvalue weighted by Gasteiger charge is -2.20. The van der Waals surface area contributed by atoms with E-state index in [2.05, 4.69) is 63.6 Å². The number of rotatable bonds is 4. The zero-order valence-electron chi connectivity index (χ0n) is 13.6. The SMILES string of the molecule is C[Si](C)(C)Oc1ccc(Nc2ncnc3ccc(I)cc23)cc1Cl. The first kappa shape index (κ1) is 17.4. The van der Waals surface area contributed by atoms with Crippen molar-refractivity contribution in [2.24, 2.45) is 0 Å². The number of fused-ring (bicyclic) bond motifs is 1. The molecule has 1 aromatic heterocycles. The second-order valence-electron chi connectivity index (χ2n) is 6.37. The number of hydrogen-bond donors (Lipinski definition) is 1. The molecule has 0 saturated heterocycles. The van der Waals surface area contributed by atoms with Crippen molar-refractivity contribution in [1.82, 2.24) is 9.97 Å². The molecule has 0 aliphatic rings. The Kier molecular flexibility index (Phi) is 4.98. The van der Waals surface area contributed by atoms with Crippen molar-refractivity contribution < 1.29 is 4.43 Å². The number of anilines is 2. The molecule has 0 aliphatic carbocycles. The van der Waals surface area contributed by atoms with E-state index < -0.39 is 8.32 Å². The van der Waals surface area contributed by atoms with E-state index in [0.717, 1.165) is 31.7 Å². The van der Waals surface area contributed by atoms with Gasteiger partial charge in [-0.25, -0.2) is 9.97 Å². The molecule has 3 aromatic rings. The number of halogens is 2. The van der Waals surface area contributed by atoms with Gasteiger partial charge in [0.25, 0.3) is 0 Å². The smallest absolute Gasteiger partial charge is 0.242 e. The zero-order valence-corrected chi connectivity index (χ0v) is 17.5. The van der Waals surface area contributed by atoms with E-state index in [1.165, 1.54) is 0 Å². The van der Waals surface area contributed by atoms with Crippen molar-refractivity contribution in [2.75, 3.05) is 5.32 Å². The van der Waals surface area contributed by atoms with Gasteiger partial charge < -0.3 is 9.74 Å². The van der Waals surface area contributed by atoms with Crippen molar-refractivity contribution >= 4 is 64.9 Å². The van der Waals surface area contributed by atoms with Gasteiger partial charge in [0, 0.05) is 14.6 Å². The largest absolute Gasteiger partial charge is 0.543 e. The topological polar surface area (TPSA) is 47.0 Å². The second kappa shape index (κ2) is 6.85. The molecular weight excluding hydrogens is 453 g/mol. The molecule has 1 heterocycles. The molecular formula is C17H17ClIN3OSi. The summed E-state index contributed by atoms with van der Waals surface area (Å²) in [4.78, 5) is 8.66. The van der Waals surface area contributed by atoms with Crippen LogP contribution in [0.25, 0.3) is 10.9 Å². The average Bonchev–Trinajstić information content (AvgIpc) is 2.49. The summed E-state index contributed by atoms with van der Waals surface area (Å²) < 4.78 is 7.11. The molecule has 0 spiro atoms. The fraction of sp³-hybridized carbons (Fsp3) is 0.176. The van der Waals surface area contributed by atoms with Crippen LogP contribution in [-0.4, -0.2) is 18.3 Å². The summed E-state index contributed by atoms with van der Waals surface area (Å²) in [5.41, 5.74) is 1.76. The van der Waals surface area contributed by atoms with Gasteiger partial charge in [-0.2, -0.15) is 0 Å². The van der Waals surface area contributed by atoms with Crippen LogP contribution < -0.4 is 9.74 Å². The Morgan fingerprint density at radius 2 is 1.88 bits per heavy atom. The lowest BCUT2D eigenvalue weighted by Crippen LogP contribution is -2.29.